The third-order valence-electron chi connectivity index (χ3n) is 3.93. The highest BCUT2D eigenvalue weighted by atomic mass is 16.5. The van der Waals surface area contributed by atoms with Crippen LogP contribution in [0.4, 0.5) is 0 Å². The third-order valence-corrected chi connectivity index (χ3v) is 3.93. The second-order valence-corrected chi connectivity index (χ2v) is 6.00. The molecule has 0 bridgehead atoms. The SMILES string of the molecule is COCC(C)(CCO)NC(=O)Cc1c[nH]c2c(C)cccc12. The number of methoxy groups -OCH3 is 1. The molecule has 3 N–H and O–H groups in total. The van der Waals surface area contributed by atoms with Crippen molar-refractivity contribution >= 4 is 16.8 Å². The molecule has 0 fully saturated rings. The monoisotopic (exact) mass is 304 g/mol. The van der Waals surface area contributed by atoms with Gasteiger partial charge in [-0.15, -0.1) is 0 Å². The number of rotatable bonds is 7. The summed E-state index contributed by atoms with van der Waals surface area (Å²) >= 11 is 0. The smallest absolute Gasteiger partial charge is 0.225 e. The van der Waals surface area contributed by atoms with Crippen molar-refractivity contribution in [2.75, 3.05) is 20.3 Å². The normalized spacial score (nSPS) is 14.0. The number of amides is 1. The van der Waals surface area contributed by atoms with E-state index >= 15 is 0 Å². The maximum Gasteiger partial charge on any atom is 0.225 e. The molecule has 0 aliphatic rings. The molecule has 120 valence electrons. The lowest BCUT2D eigenvalue weighted by molar-refractivity contribution is -0.123. The number of aliphatic hydroxyl groups excluding tert-OH is 1. The fraction of sp³-hybridized carbons (Fsp3) is 0.471. The molecule has 1 atom stereocenters. The molecule has 0 saturated carbocycles. The number of H-pyrrole nitrogens is 1. The Morgan fingerprint density at radius 1 is 1.45 bits per heavy atom. The molecule has 1 heterocycles. The van der Waals surface area contributed by atoms with Gasteiger partial charge in [-0.25, -0.2) is 0 Å². The van der Waals surface area contributed by atoms with Gasteiger partial charge in [0.15, 0.2) is 0 Å². The molecular weight excluding hydrogens is 280 g/mol. The summed E-state index contributed by atoms with van der Waals surface area (Å²) in [5.41, 5.74) is 2.65. The van der Waals surface area contributed by atoms with Crippen LogP contribution in [0.2, 0.25) is 0 Å². The molecule has 0 radical (unpaired) electrons. The van der Waals surface area contributed by atoms with E-state index in [2.05, 4.69) is 10.3 Å². The summed E-state index contributed by atoms with van der Waals surface area (Å²) in [6.07, 6.45) is 2.64. The van der Waals surface area contributed by atoms with Gasteiger partial charge in [0.2, 0.25) is 5.91 Å². The van der Waals surface area contributed by atoms with Crippen LogP contribution in [0.3, 0.4) is 0 Å². The summed E-state index contributed by atoms with van der Waals surface area (Å²) in [6.45, 7) is 4.29. The fourth-order valence-corrected chi connectivity index (χ4v) is 2.80. The molecule has 0 aliphatic carbocycles. The number of hydrogen-bond donors (Lipinski definition) is 3. The van der Waals surface area contributed by atoms with Crippen LogP contribution >= 0.6 is 0 Å². The number of hydrogen-bond acceptors (Lipinski definition) is 3. The zero-order chi connectivity index (χ0) is 16.2. The van der Waals surface area contributed by atoms with Crippen LogP contribution in [0.5, 0.6) is 0 Å². The van der Waals surface area contributed by atoms with Crippen molar-refractivity contribution in [2.45, 2.75) is 32.2 Å². The van der Waals surface area contributed by atoms with E-state index in [0.717, 1.165) is 22.0 Å². The first-order valence-electron chi connectivity index (χ1n) is 7.45. The highest BCUT2D eigenvalue weighted by Crippen LogP contribution is 2.22. The Morgan fingerprint density at radius 3 is 2.91 bits per heavy atom. The van der Waals surface area contributed by atoms with E-state index < -0.39 is 5.54 Å². The number of para-hydroxylation sites is 1. The zero-order valence-corrected chi connectivity index (χ0v) is 13.4. The molecule has 0 saturated heterocycles. The largest absolute Gasteiger partial charge is 0.396 e. The number of fused-ring (bicyclic) bond motifs is 1. The van der Waals surface area contributed by atoms with Gasteiger partial charge in [-0.05, 0) is 31.4 Å². The number of aryl methyl sites for hydroxylation is 1. The first kappa shape index (κ1) is 16.5. The molecule has 2 aromatic rings. The number of nitrogens with one attached hydrogen (secondary N) is 2. The third kappa shape index (κ3) is 3.67. The first-order chi connectivity index (χ1) is 10.5. The molecule has 1 aromatic carbocycles. The fourth-order valence-electron chi connectivity index (χ4n) is 2.80. The molecule has 5 nitrogen and oxygen atoms in total. The van der Waals surface area contributed by atoms with Crippen LogP contribution in [-0.2, 0) is 16.0 Å². The second-order valence-electron chi connectivity index (χ2n) is 6.00. The van der Waals surface area contributed by atoms with Crippen LogP contribution in [0.25, 0.3) is 10.9 Å². The van der Waals surface area contributed by atoms with Crippen LogP contribution < -0.4 is 5.32 Å². The summed E-state index contributed by atoms with van der Waals surface area (Å²) in [5.74, 6) is -0.0737. The molecule has 1 aromatic heterocycles. The van der Waals surface area contributed by atoms with Crippen molar-refractivity contribution in [3.05, 3.63) is 35.5 Å². The maximum atomic E-state index is 12.3. The van der Waals surface area contributed by atoms with E-state index in [1.54, 1.807) is 7.11 Å². The van der Waals surface area contributed by atoms with Crippen molar-refractivity contribution in [1.29, 1.82) is 0 Å². The van der Waals surface area contributed by atoms with E-state index in [9.17, 15) is 4.79 Å². The molecular formula is C17H24N2O3. The molecule has 1 unspecified atom stereocenters. The van der Waals surface area contributed by atoms with Gasteiger partial charge in [-0.1, -0.05) is 18.2 Å². The Balaban J connectivity index is 2.12. The van der Waals surface area contributed by atoms with Gasteiger partial charge in [0.1, 0.15) is 0 Å². The minimum atomic E-state index is -0.553. The lowest BCUT2D eigenvalue weighted by Crippen LogP contribution is -2.50. The van der Waals surface area contributed by atoms with Gasteiger partial charge in [0.05, 0.1) is 18.6 Å². The van der Waals surface area contributed by atoms with Gasteiger partial charge < -0.3 is 20.1 Å². The van der Waals surface area contributed by atoms with E-state index in [0.29, 0.717) is 19.4 Å². The molecule has 22 heavy (non-hydrogen) atoms. The molecule has 0 aliphatic heterocycles. The van der Waals surface area contributed by atoms with Crippen molar-refractivity contribution in [3.63, 3.8) is 0 Å². The number of carbonyl (C=O) groups excluding carboxylic acids is 1. The first-order valence-corrected chi connectivity index (χ1v) is 7.45. The van der Waals surface area contributed by atoms with Crippen LogP contribution in [-0.4, -0.2) is 41.9 Å². The standard InChI is InChI=1S/C17H24N2O3/c1-12-5-4-6-14-13(10-18-16(12)14)9-15(21)19-17(2,7-8-20)11-22-3/h4-6,10,18,20H,7-9,11H2,1-3H3,(H,19,21). The Hall–Kier alpha value is -1.85. The predicted molar refractivity (Wildman–Crippen MR) is 86.9 cm³/mol. The summed E-state index contributed by atoms with van der Waals surface area (Å²) < 4.78 is 5.15. The Kier molecular flexibility index (Phi) is 5.21. The highest BCUT2D eigenvalue weighted by Gasteiger charge is 2.26. The number of aromatic nitrogens is 1. The lowest BCUT2D eigenvalue weighted by Gasteiger charge is -2.29. The van der Waals surface area contributed by atoms with Crippen LogP contribution in [0.15, 0.2) is 24.4 Å². The van der Waals surface area contributed by atoms with Crippen molar-refractivity contribution in [2.24, 2.45) is 0 Å². The Bertz CT molecular complexity index is 642. The van der Waals surface area contributed by atoms with Crippen LogP contribution in [0, 0.1) is 6.92 Å². The number of carbonyl (C=O) groups is 1. The van der Waals surface area contributed by atoms with Gasteiger partial charge in [0.25, 0.3) is 0 Å². The lowest BCUT2D eigenvalue weighted by atomic mass is 9.98. The van der Waals surface area contributed by atoms with Gasteiger partial charge in [-0.2, -0.15) is 0 Å². The van der Waals surface area contributed by atoms with Crippen molar-refractivity contribution < 1.29 is 14.6 Å². The maximum absolute atomic E-state index is 12.3. The average molecular weight is 304 g/mol. The quantitative estimate of drug-likeness (QED) is 0.731. The van der Waals surface area contributed by atoms with Gasteiger partial charge in [0, 0.05) is 30.8 Å². The van der Waals surface area contributed by atoms with Gasteiger partial charge >= 0.3 is 0 Å². The molecule has 0 spiro atoms. The summed E-state index contributed by atoms with van der Waals surface area (Å²) in [7, 11) is 1.59. The molecule has 5 heteroatoms. The number of ether oxygens (including phenoxy) is 1. The van der Waals surface area contributed by atoms with E-state index in [1.807, 2.05) is 38.2 Å². The minimum Gasteiger partial charge on any atom is -0.396 e. The van der Waals surface area contributed by atoms with Crippen molar-refractivity contribution in [3.8, 4) is 0 Å². The Labute approximate surface area is 130 Å². The van der Waals surface area contributed by atoms with Crippen LogP contribution in [0.1, 0.15) is 24.5 Å². The van der Waals surface area contributed by atoms with E-state index in [-0.39, 0.29) is 12.5 Å². The highest BCUT2D eigenvalue weighted by molar-refractivity contribution is 5.90. The Morgan fingerprint density at radius 2 is 2.23 bits per heavy atom. The minimum absolute atomic E-state index is 0.00637. The number of aromatic amines is 1. The topological polar surface area (TPSA) is 74.3 Å². The summed E-state index contributed by atoms with van der Waals surface area (Å²) in [4.78, 5) is 15.6. The van der Waals surface area contributed by atoms with Gasteiger partial charge in [-0.3, -0.25) is 4.79 Å². The number of benzene rings is 1. The van der Waals surface area contributed by atoms with Crippen molar-refractivity contribution in [1.82, 2.24) is 10.3 Å². The summed E-state index contributed by atoms with van der Waals surface area (Å²) in [6, 6.07) is 6.05. The predicted octanol–water partition coefficient (Wildman–Crippen LogP) is 1.92. The molecule has 2 rings (SSSR count). The zero-order valence-electron chi connectivity index (χ0n) is 13.4. The van der Waals surface area contributed by atoms with E-state index in [1.165, 1.54) is 0 Å². The second kappa shape index (κ2) is 6.94. The average Bonchev–Trinajstić information content (AvgIpc) is 2.83. The molecule has 1 amide bonds. The summed E-state index contributed by atoms with van der Waals surface area (Å²) in [5, 5.41) is 13.2. The number of aliphatic hydroxyl groups is 1. The van der Waals surface area contributed by atoms with E-state index in [4.69, 9.17) is 9.84 Å².